The molecule has 2 aliphatic heterocycles. The van der Waals surface area contributed by atoms with Crippen LogP contribution in [-0.2, 0) is 4.74 Å². The van der Waals surface area contributed by atoms with E-state index in [1.807, 2.05) is 57.2 Å². The lowest BCUT2D eigenvalue weighted by Crippen LogP contribution is -2.50. The van der Waals surface area contributed by atoms with Gasteiger partial charge in [-0.3, -0.25) is 4.90 Å². The SMILES string of the molecule is CC(C)(C)OC(=O)N1CCN(c2cnc3c(c2)OCCN3C(=O)Nc2ccccc2)CC1. The molecule has 3 amide bonds. The normalized spacial score (nSPS) is 16.2. The van der Waals surface area contributed by atoms with Gasteiger partial charge in [0.25, 0.3) is 0 Å². The van der Waals surface area contributed by atoms with E-state index in [0.29, 0.717) is 50.9 Å². The standard InChI is InChI=1S/C23H29N5O4/c1-23(2,3)32-22(30)27-11-9-26(10-12-27)18-15-19-20(24-16-18)28(13-14-31-19)21(29)25-17-7-5-4-6-8-17/h4-8,15-16H,9-14H2,1-3H3,(H,25,29). The first kappa shape index (κ1) is 21.7. The number of pyridine rings is 1. The lowest BCUT2D eigenvalue weighted by Gasteiger charge is -2.37. The number of hydrogen-bond acceptors (Lipinski definition) is 6. The number of nitrogens with one attached hydrogen (secondary N) is 1. The summed E-state index contributed by atoms with van der Waals surface area (Å²) in [7, 11) is 0. The number of urea groups is 1. The first-order chi connectivity index (χ1) is 15.3. The Bertz CT molecular complexity index is 968. The minimum atomic E-state index is -0.507. The first-order valence-electron chi connectivity index (χ1n) is 10.8. The number of carbonyl (C=O) groups is 2. The molecule has 1 saturated heterocycles. The predicted molar refractivity (Wildman–Crippen MR) is 123 cm³/mol. The fourth-order valence-corrected chi connectivity index (χ4v) is 3.65. The number of amides is 3. The second-order valence-electron chi connectivity index (χ2n) is 8.77. The summed E-state index contributed by atoms with van der Waals surface area (Å²) in [6.07, 6.45) is 1.46. The summed E-state index contributed by atoms with van der Waals surface area (Å²) >= 11 is 0. The molecule has 32 heavy (non-hydrogen) atoms. The fraction of sp³-hybridized carbons (Fsp3) is 0.435. The van der Waals surface area contributed by atoms with E-state index in [1.54, 1.807) is 16.0 Å². The maximum Gasteiger partial charge on any atom is 0.410 e. The zero-order chi connectivity index (χ0) is 22.7. The highest BCUT2D eigenvalue weighted by atomic mass is 16.6. The first-order valence-corrected chi connectivity index (χ1v) is 10.8. The van der Waals surface area contributed by atoms with Crippen LogP contribution in [0, 0.1) is 0 Å². The highest BCUT2D eigenvalue weighted by molar-refractivity contribution is 6.02. The topological polar surface area (TPSA) is 87.2 Å². The van der Waals surface area contributed by atoms with Crippen molar-refractivity contribution in [3.8, 4) is 5.75 Å². The van der Waals surface area contributed by atoms with Crippen molar-refractivity contribution in [2.45, 2.75) is 26.4 Å². The van der Waals surface area contributed by atoms with Crippen LogP contribution in [0.4, 0.5) is 26.8 Å². The van der Waals surface area contributed by atoms with Crippen LogP contribution in [0.5, 0.6) is 5.75 Å². The molecule has 1 N–H and O–H groups in total. The number of piperazine rings is 1. The van der Waals surface area contributed by atoms with E-state index in [4.69, 9.17) is 9.47 Å². The molecule has 1 aromatic carbocycles. The van der Waals surface area contributed by atoms with Crippen LogP contribution in [0.3, 0.4) is 0 Å². The van der Waals surface area contributed by atoms with Crippen molar-refractivity contribution in [1.82, 2.24) is 9.88 Å². The Kier molecular flexibility index (Phi) is 6.07. The Morgan fingerprint density at radius 3 is 2.47 bits per heavy atom. The van der Waals surface area contributed by atoms with Crippen LogP contribution in [0.25, 0.3) is 0 Å². The van der Waals surface area contributed by atoms with Gasteiger partial charge in [0.05, 0.1) is 18.4 Å². The number of hydrogen-bond donors (Lipinski definition) is 1. The summed E-state index contributed by atoms with van der Waals surface area (Å²) in [4.78, 5) is 35.1. The molecule has 0 aliphatic carbocycles. The molecule has 0 spiro atoms. The molecule has 1 fully saturated rings. The molecule has 2 aromatic rings. The Morgan fingerprint density at radius 2 is 1.78 bits per heavy atom. The van der Waals surface area contributed by atoms with E-state index in [1.165, 1.54) is 0 Å². The second-order valence-corrected chi connectivity index (χ2v) is 8.77. The summed E-state index contributed by atoms with van der Waals surface area (Å²) < 4.78 is 11.3. The maximum atomic E-state index is 12.8. The van der Waals surface area contributed by atoms with E-state index < -0.39 is 5.60 Å². The summed E-state index contributed by atoms with van der Waals surface area (Å²) in [5.74, 6) is 1.08. The Balaban J connectivity index is 1.41. The number of fused-ring (bicyclic) bond motifs is 1. The number of carbonyl (C=O) groups excluding carboxylic acids is 2. The molecule has 1 aromatic heterocycles. The van der Waals surface area contributed by atoms with Crippen molar-refractivity contribution in [2.75, 3.05) is 54.4 Å². The monoisotopic (exact) mass is 439 g/mol. The number of nitrogens with zero attached hydrogens (tertiary/aromatic N) is 4. The quantitative estimate of drug-likeness (QED) is 0.770. The van der Waals surface area contributed by atoms with Gasteiger partial charge in [0.2, 0.25) is 0 Å². The molecule has 4 rings (SSSR count). The Hall–Kier alpha value is -3.49. The smallest absolute Gasteiger partial charge is 0.410 e. The largest absolute Gasteiger partial charge is 0.488 e. The number of ether oxygens (including phenoxy) is 2. The molecule has 9 heteroatoms. The Labute approximate surface area is 187 Å². The van der Waals surface area contributed by atoms with E-state index in [9.17, 15) is 9.59 Å². The molecule has 170 valence electrons. The number of aromatic nitrogens is 1. The summed E-state index contributed by atoms with van der Waals surface area (Å²) in [6.45, 7) is 8.88. The molecule has 2 aliphatic rings. The Morgan fingerprint density at radius 1 is 1.06 bits per heavy atom. The second kappa shape index (κ2) is 8.94. The molecule has 9 nitrogen and oxygen atoms in total. The summed E-state index contributed by atoms with van der Waals surface area (Å²) in [5.41, 5.74) is 1.12. The number of para-hydroxylation sites is 1. The van der Waals surface area contributed by atoms with E-state index >= 15 is 0 Å². The molecule has 0 unspecified atom stereocenters. The van der Waals surface area contributed by atoms with Crippen LogP contribution in [-0.4, -0.2) is 66.9 Å². The summed E-state index contributed by atoms with van der Waals surface area (Å²) in [6, 6.07) is 11.0. The van der Waals surface area contributed by atoms with Gasteiger partial charge in [0, 0.05) is 37.9 Å². The third-order valence-electron chi connectivity index (χ3n) is 5.21. The van der Waals surface area contributed by atoms with Gasteiger partial charge < -0.3 is 24.6 Å². The highest BCUT2D eigenvalue weighted by Crippen LogP contribution is 2.33. The van der Waals surface area contributed by atoms with Gasteiger partial charge in [-0.15, -0.1) is 0 Å². The van der Waals surface area contributed by atoms with Crippen molar-refractivity contribution in [3.05, 3.63) is 42.6 Å². The van der Waals surface area contributed by atoms with Crippen LogP contribution in [0.2, 0.25) is 0 Å². The number of anilines is 3. The zero-order valence-electron chi connectivity index (χ0n) is 18.7. The van der Waals surface area contributed by atoms with Gasteiger partial charge in [-0.05, 0) is 32.9 Å². The van der Waals surface area contributed by atoms with Gasteiger partial charge >= 0.3 is 12.1 Å². The average Bonchev–Trinajstić information content (AvgIpc) is 2.78. The molecular weight excluding hydrogens is 410 g/mol. The van der Waals surface area contributed by atoms with Crippen molar-refractivity contribution in [1.29, 1.82) is 0 Å². The van der Waals surface area contributed by atoms with E-state index in [-0.39, 0.29) is 12.1 Å². The van der Waals surface area contributed by atoms with Crippen molar-refractivity contribution >= 4 is 29.3 Å². The molecular formula is C23H29N5O4. The van der Waals surface area contributed by atoms with Crippen LogP contribution in [0.15, 0.2) is 42.6 Å². The minimum Gasteiger partial charge on any atom is -0.488 e. The fourth-order valence-electron chi connectivity index (χ4n) is 3.65. The average molecular weight is 440 g/mol. The molecule has 0 atom stereocenters. The van der Waals surface area contributed by atoms with Crippen LogP contribution >= 0.6 is 0 Å². The zero-order valence-corrected chi connectivity index (χ0v) is 18.7. The van der Waals surface area contributed by atoms with Crippen molar-refractivity contribution in [3.63, 3.8) is 0 Å². The van der Waals surface area contributed by atoms with Gasteiger partial charge in [0.1, 0.15) is 12.2 Å². The molecule has 0 saturated carbocycles. The molecule has 3 heterocycles. The number of benzene rings is 1. The third-order valence-corrected chi connectivity index (χ3v) is 5.21. The molecule has 0 bridgehead atoms. The number of rotatable bonds is 2. The van der Waals surface area contributed by atoms with Crippen LogP contribution in [0.1, 0.15) is 20.8 Å². The lowest BCUT2D eigenvalue weighted by molar-refractivity contribution is 0.0240. The third kappa shape index (κ3) is 5.04. The lowest BCUT2D eigenvalue weighted by atomic mass is 10.2. The highest BCUT2D eigenvalue weighted by Gasteiger charge is 2.29. The van der Waals surface area contributed by atoms with Gasteiger partial charge in [0.15, 0.2) is 11.6 Å². The van der Waals surface area contributed by atoms with Gasteiger partial charge in [-0.25, -0.2) is 14.6 Å². The van der Waals surface area contributed by atoms with Crippen LogP contribution < -0.4 is 19.9 Å². The van der Waals surface area contributed by atoms with Gasteiger partial charge in [-0.2, -0.15) is 0 Å². The molecule has 0 radical (unpaired) electrons. The van der Waals surface area contributed by atoms with E-state index in [2.05, 4.69) is 15.2 Å². The predicted octanol–water partition coefficient (Wildman–Crippen LogP) is 3.57. The van der Waals surface area contributed by atoms with Gasteiger partial charge in [-0.1, -0.05) is 18.2 Å². The van der Waals surface area contributed by atoms with Crippen molar-refractivity contribution in [2.24, 2.45) is 0 Å². The minimum absolute atomic E-state index is 0.244. The van der Waals surface area contributed by atoms with E-state index in [0.717, 1.165) is 11.4 Å². The van der Waals surface area contributed by atoms with Crippen molar-refractivity contribution < 1.29 is 19.1 Å². The summed E-state index contributed by atoms with van der Waals surface area (Å²) in [5, 5.41) is 2.89. The maximum absolute atomic E-state index is 12.8.